The number of nitrogens with zero attached hydrogens (tertiary/aromatic N) is 3. The number of non-ortho nitro benzene ring substituents is 1. The Morgan fingerprint density at radius 2 is 1.85 bits per heavy atom. The quantitative estimate of drug-likeness (QED) is 0.378. The number of aromatic nitrogens is 2. The fourth-order valence-electron chi connectivity index (χ4n) is 2.56. The highest BCUT2D eigenvalue weighted by Crippen LogP contribution is 2.25. The van der Waals surface area contributed by atoms with E-state index in [-0.39, 0.29) is 17.5 Å². The van der Waals surface area contributed by atoms with Crippen LogP contribution in [0.5, 0.6) is 0 Å². The molecule has 27 heavy (non-hydrogen) atoms. The maximum atomic E-state index is 12.4. The minimum atomic E-state index is -0.738. The SMILES string of the molecule is Cc1ccc(C(=O)O[C@@H](C)c2nnc(-c3ccc([N+](=O)[O-])cc3)o2)c(C)c1. The van der Waals surface area contributed by atoms with E-state index in [9.17, 15) is 14.9 Å². The number of carbonyl (C=O) groups is 1. The minimum absolute atomic E-state index is 0.0331. The first-order chi connectivity index (χ1) is 12.8. The zero-order valence-corrected chi connectivity index (χ0v) is 15.0. The fraction of sp³-hybridized carbons (Fsp3) is 0.211. The third kappa shape index (κ3) is 4.00. The maximum absolute atomic E-state index is 12.4. The predicted octanol–water partition coefficient (Wildman–Crippen LogP) is 4.18. The first-order valence-electron chi connectivity index (χ1n) is 8.21. The maximum Gasteiger partial charge on any atom is 0.339 e. The van der Waals surface area contributed by atoms with Gasteiger partial charge in [0.1, 0.15) is 0 Å². The van der Waals surface area contributed by atoms with E-state index in [1.54, 1.807) is 13.0 Å². The summed E-state index contributed by atoms with van der Waals surface area (Å²) in [4.78, 5) is 22.6. The lowest BCUT2D eigenvalue weighted by Gasteiger charge is -2.11. The van der Waals surface area contributed by atoms with Crippen molar-refractivity contribution in [1.29, 1.82) is 0 Å². The van der Waals surface area contributed by atoms with Crippen LogP contribution in [0.25, 0.3) is 11.5 Å². The predicted molar refractivity (Wildman–Crippen MR) is 96.1 cm³/mol. The Morgan fingerprint density at radius 3 is 2.48 bits per heavy atom. The zero-order chi connectivity index (χ0) is 19.6. The molecule has 0 amide bonds. The lowest BCUT2D eigenvalue weighted by Crippen LogP contribution is -2.11. The molecule has 1 aromatic heterocycles. The normalized spacial score (nSPS) is 11.8. The lowest BCUT2D eigenvalue weighted by molar-refractivity contribution is -0.384. The Kier molecular flexibility index (Phi) is 4.98. The Morgan fingerprint density at radius 1 is 1.15 bits per heavy atom. The summed E-state index contributed by atoms with van der Waals surface area (Å²) in [5.41, 5.74) is 2.86. The average molecular weight is 367 g/mol. The first kappa shape index (κ1) is 18.2. The van der Waals surface area contributed by atoms with E-state index in [0.717, 1.165) is 11.1 Å². The Labute approximate surface area is 155 Å². The van der Waals surface area contributed by atoms with Crippen LogP contribution in [0.1, 0.15) is 40.4 Å². The molecule has 0 aliphatic carbocycles. The van der Waals surface area contributed by atoms with Crippen LogP contribution in [-0.4, -0.2) is 21.1 Å². The largest absolute Gasteiger partial charge is 0.449 e. The van der Waals surface area contributed by atoms with Gasteiger partial charge < -0.3 is 9.15 Å². The molecule has 1 heterocycles. The third-order valence-electron chi connectivity index (χ3n) is 4.00. The molecule has 138 valence electrons. The molecule has 3 aromatic rings. The molecule has 8 heteroatoms. The molecule has 0 bridgehead atoms. The molecule has 0 N–H and O–H groups in total. The van der Waals surface area contributed by atoms with E-state index in [0.29, 0.717) is 11.1 Å². The summed E-state index contributed by atoms with van der Waals surface area (Å²) >= 11 is 0. The zero-order valence-electron chi connectivity index (χ0n) is 15.0. The van der Waals surface area contributed by atoms with Crippen LogP contribution in [0, 0.1) is 24.0 Å². The molecule has 0 aliphatic heterocycles. The van der Waals surface area contributed by atoms with Gasteiger partial charge >= 0.3 is 5.97 Å². The van der Waals surface area contributed by atoms with Gasteiger partial charge in [-0.25, -0.2) is 4.79 Å². The molecule has 0 saturated carbocycles. The van der Waals surface area contributed by atoms with Crippen molar-refractivity contribution < 1.29 is 18.9 Å². The highest BCUT2D eigenvalue weighted by atomic mass is 16.6. The Hall–Kier alpha value is -3.55. The summed E-state index contributed by atoms with van der Waals surface area (Å²) in [7, 11) is 0. The van der Waals surface area contributed by atoms with Crippen molar-refractivity contribution >= 4 is 11.7 Å². The van der Waals surface area contributed by atoms with Crippen LogP contribution >= 0.6 is 0 Å². The molecule has 0 saturated heterocycles. The van der Waals surface area contributed by atoms with Gasteiger partial charge in [-0.1, -0.05) is 17.7 Å². The van der Waals surface area contributed by atoms with Crippen molar-refractivity contribution in [2.24, 2.45) is 0 Å². The standard InChI is InChI=1S/C19H17N3O5/c1-11-4-9-16(12(2)10-11)19(23)26-13(3)17-20-21-18(27-17)14-5-7-15(8-6-14)22(24)25/h4-10,13H,1-3H3/t13-/m0/s1. The summed E-state index contributed by atoms with van der Waals surface area (Å²) in [6.07, 6.45) is -0.738. The van der Waals surface area contributed by atoms with Gasteiger partial charge in [0.2, 0.25) is 5.89 Å². The molecule has 0 radical (unpaired) electrons. The van der Waals surface area contributed by atoms with Gasteiger partial charge in [0, 0.05) is 17.7 Å². The monoisotopic (exact) mass is 367 g/mol. The summed E-state index contributed by atoms with van der Waals surface area (Å²) in [6, 6.07) is 11.2. The molecule has 2 aromatic carbocycles. The number of aryl methyl sites for hydroxylation is 2. The fourth-order valence-corrected chi connectivity index (χ4v) is 2.56. The number of ether oxygens (including phenoxy) is 1. The first-order valence-corrected chi connectivity index (χ1v) is 8.21. The van der Waals surface area contributed by atoms with Gasteiger partial charge in [-0.05, 0) is 44.5 Å². The van der Waals surface area contributed by atoms with E-state index in [1.807, 2.05) is 26.0 Å². The molecular formula is C19H17N3O5. The van der Waals surface area contributed by atoms with Crippen molar-refractivity contribution in [2.75, 3.05) is 0 Å². The Bertz CT molecular complexity index is 995. The van der Waals surface area contributed by atoms with Crippen LogP contribution in [0.4, 0.5) is 5.69 Å². The molecule has 8 nitrogen and oxygen atoms in total. The number of hydrogen-bond donors (Lipinski definition) is 0. The van der Waals surface area contributed by atoms with Crippen LogP contribution in [0.15, 0.2) is 46.9 Å². The molecule has 0 unspecified atom stereocenters. The van der Waals surface area contributed by atoms with E-state index < -0.39 is 17.0 Å². The van der Waals surface area contributed by atoms with Crippen molar-refractivity contribution in [1.82, 2.24) is 10.2 Å². The van der Waals surface area contributed by atoms with E-state index in [4.69, 9.17) is 9.15 Å². The van der Waals surface area contributed by atoms with Gasteiger partial charge in [-0.15, -0.1) is 10.2 Å². The molecule has 0 fully saturated rings. The van der Waals surface area contributed by atoms with Gasteiger partial charge in [-0.2, -0.15) is 0 Å². The lowest BCUT2D eigenvalue weighted by atomic mass is 10.1. The topological polar surface area (TPSA) is 108 Å². The molecular weight excluding hydrogens is 350 g/mol. The number of rotatable bonds is 5. The van der Waals surface area contributed by atoms with Gasteiger partial charge in [0.15, 0.2) is 6.10 Å². The smallest absolute Gasteiger partial charge is 0.339 e. The summed E-state index contributed by atoms with van der Waals surface area (Å²) in [5, 5.41) is 18.5. The minimum Gasteiger partial charge on any atom is -0.449 e. The Balaban J connectivity index is 1.73. The highest BCUT2D eigenvalue weighted by Gasteiger charge is 2.21. The highest BCUT2D eigenvalue weighted by molar-refractivity contribution is 5.91. The van der Waals surface area contributed by atoms with E-state index >= 15 is 0 Å². The van der Waals surface area contributed by atoms with Crippen LogP contribution < -0.4 is 0 Å². The number of hydrogen-bond acceptors (Lipinski definition) is 7. The van der Waals surface area contributed by atoms with Crippen molar-refractivity contribution in [3.8, 4) is 11.5 Å². The van der Waals surface area contributed by atoms with E-state index in [1.165, 1.54) is 24.3 Å². The number of esters is 1. The molecule has 1 atom stereocenters. The summed E-state index contributed by atoms with van der Waals surface area (Å²) in [5.74, 6) is -0.147. The molecule has 0 aliphatic rings. The summed E-state index contributed by atoms with van der Waals surface area (Å²) < 4.78 is 11.0. The van der Waals surface area contributed by atoms with Crippen LogP contribution in [-0.2, 0) is 4.74 Å². The van der Waals surface area contributed by atoms with Gasteiger partial charge in [-0.3, -0.25) is 10.1 Å². The molecule has 3 rings (SSSR count). The van der Waals surface area contributed by atoms with Gasteiger partial charge in [0.05, 0.1) is 10.5 Å². The van der Waals surface area contributed by atoms with Gasteiger partial charge in [0.25, 0.3) is 11.6 Å². The van der Waals surface area contributed by atoms with Crippen LogP contribution in [0.2, 0.25) is 0 Å². The molecule has 0 spiro atoms. The van der Waals surface area contributed by atoms with E-state index in [2.05, 4.69) is 10.2 Å². The number of benzene rings is 2. The van der Waals surface area contributed by atoms with Crippen LogP contribution in [0.3, 0.4) is 0 Å². The second-order valence-electron chi connectivity index (χ2n) is 6.12. The average Bonchev–Trinajstić information content (AvgIpc) is 3.12. The number of nitro groups is 1. The summed E-state index contributed by atoms with van der Waals surface area (Å²) in [6.45, 7) is 5.42. The second kappa shape index (κ2) is 7.36. The number of nitro benzene ring substituents is 1. The second-order valence-corrected chi connectivity index (χ2v) is 6.12. The van der Waals surface area contributed by atoms with Crippen molar-refractivity contribution in [3.05, 3.63) is 75.2 Å². The van der Waals surface area contributed by atoms with Crippen molar-refractivity contribution in [2.45, 2.75) is 26.9 Å². The third-order valence-corrected chi connectivity index (χ3v) is 4.00. The van der Waals surface area contributed by atoms with Crippen molar-refractivity contribution in [3.63, 3.8) is 0 Å². The number of carbonyl (C=O) groups excluding carboxylic acids is 1.